The number of hydrogen-bond acceptors (Lipinski definition) is 1. The van der Waals surface area contributed by atoms with Crippen LogP contribution in [0, 0.1) is 0 Å². The average Bonchev–Trinajstić information content (AvgIpc) is 2.63. The van der Waals surface area contributed by atoms with Crippen molar-refractivity contribution in [2.75, 3.05) is 6.54 Å². The average molecular weight is 399 g/mol. The minimum absolute atomic E-state index is 0.136. The van der Waals surface area contributed by atoms with Gasteiger partial charge in [0.1, 0.15) is 0 Å². The maximum absolute atomic E-state index is 12.5. The first-order valence-corrected chi connectivity index (χ1v) is 8.03. The Kier molecular flexibility index (Phi) is 6.66. The van der Waals surface area contributed by atoms with Gasteiger partial charge >= 0.3 is 12.4 Å². The summed E-state index contributed by atoms with van der Waals surface area (Å²) in [4.78, 5) is 11.7. The molecule has 148 valence electrons. The van der Waals surface area contributed by atoms with Gasteiger partial charge < -0.3 is 5.32 Å². The molecule has 0 fully saturated rings. The molecule has 2 rings (SSSR count). The third kappa shape index (κ3) is 6.61. The summed E-state index contributed by atoms with van der Waals surface area (Å²) >= 11 is 0. The Bertz CT molecular complexity index is 846. The Morgan fingerprint density at radius 3 is 1.61 bits per heavy atom. The van der Waals surface area contributed by atoms with Crippen molar-refractivity contribution in [2.24, 2.45) is 0 Å². The highest BCUT2D eigenvalue weighted by Gasteiger charge is 2.30. The third-order valence-corrected chi connectivity index (χ3v) is 3.61. The highest BCUT2D eigenvalue weighted by Crippen LogP contribution is 2.30. The molecule has 0 aliphatic carbocycles. The molecule has 2 aromatic rings. The zero-order valence-corrected chi connectivity index (χ0v) is 14.3. The lowest BCUT2D eigenvalue weighted by Crippen LogP contribution is -2.20. The summed E-state index contributed by atoms with van der Waals surface area (Å²) in [6.07, 6.45) is -3.15. The molecule has 2 nitrogen and oxygen atoms in total. The molecule has 1 N–H and O–H groups in total. The molecule has 0 atom stereocenters. The van der Waals surface area contributed by atoms with Gasteiger partial charge in [-0.25, -0.2) is 0 Å². The van der Waals surface area contributed by atoms with Gasteiger partial charge in [-0.05, 0) is 41.5 Å². The molecule has 0 unspecified atom stereocenters. The molecule has 8 heteroatoms. The monoisotopic (exact) mass is 399 g/mol. The zero-order chi connectivity index (χ0) is 20.8. The van der Waals surface area contributed by atoms with Crippen LogP contribution in [0.4, 0.5) is 26.3 Å². The van der Waals surface area contributed by atoms with Gasteiger partial charge in [0.25, 0.3) is 0 Å². The molecule has 0 spiro atoms. The van der Waals surface area contributed by atoms with Crippen LogP contribution in [0.3, 0.4) is 0 Å². The first kappa shape index (κ1) is 21.3. The fourth-order valence-electron chi connectivity index (χ4n) is 2.15. The van der Waals surface area contributed by atoms with Crippen LogP contribution in [0.15, 0.2) is 60.7 Å². The normalized spacial score (nSPS) is 12.6. The number of amides is 1. The largest absolute Gasteiger partial charge is 0.416 e. The van der Waals surface area contributed by atoms with Gasteiger partial charge in [-0.1, -0.05) is 36.4 Å². The van der Waals surface area contributed by atoms with Gasteiger partial charge in [0.05, 0.1) is 11.1 Å². The van der Waals surface area contributed by atoms with E-state index in [-0.39, 0.29) is 6.54 Å². The molecule has 0 radical (unpaired) electrons. The lowest BCUT2D eigenvalue weighted by molar-refractivity contribution is -0.138. The van der Waals surface area contributed by atoms with Crippen LogP contribution in [-0.2, 0) is 17.1 Å². The van der Waals surface area contributed by atoms with Crippen molar-refractivity contribution in [3.8, 4) is 0 Å². The highest BCUT2D eigenvalue weighted by molar-refractivity contribution is 5.91. The number of benzene rings is 2. The summed E-state index contributed by atoms with van der Waals surface area (Å²) in [6, 6.07) is 8.89. The predicted octanol–water partition coefficient (Wildman–Crippen LogP) is 5.57. The number of carbonyl (C=O) groups excluding carboxylic acids is 1. The molecule has 0 aliphatic rings. The summed E-state index contributed by atoms with van der Waals surface area (Å²) in [5, 5.41) is 2.52. The number of rotatable bonds is 5. The second-order valence-electron chi connectivity index (χ2n) is 5.72. The molecule has 0 saturated heterocycles. The van der Waals surface area contributed by atoms with Crippen molar-refractivity contribution >= 4 is 18.1 Å². The third-order valence-electron chi connectivity index (χ3n) is 3.61. The van der Waals surface area contributed by atoms with E-state index < -0.39 is 29.4 Å². The topological polar surface area (TPSA) is 29.1 Å². The van der Waals surface area contributed by atoms with Crippen molar-refractivity contribution in [1.82, 2.24) is 5.32 Å². The van der Waals surface area contributed by atoms with Crippen molar-refractivity contribution < 1.29 is 31.1 Å². The molecular weight excluding hydrogens is 384 g/mol. The number of nitrogens with one attached hydrogen (secondary N) is 1. The van der Waals surface area contributed by atoms with Crippen LogP contribution in [-0.4, -0.2) is 12.5 Å². The summed E-state index contributed by atoms with van der Waals surface area (Å²) in [5.41, 5.74) is -0.542. The van der Waals surface area contributed by atoms with Crippen molar-refractivity contribution in [3.63, 3.8) is 0 Å². The fourth-order valence-corrected chi connectivity index (χ4v) is 2.15. The Morgan fingerprint density at radius 1 is 0.750 bits per heavy atom. The molecule has 2 aromatic carbocycles. The van der Waals surface area contributed by atoms with Gasteiger partial charge in [0.15, 0.2) is 0 Å². The van der Waals surface area contributed by atoms with Crippen LogP contribution in [0.5, 0.6) is 0 Å². The summed E-state index contributed by atoms with van der Waals surface area (Å²) in [6.45, 7) is 0.136. The number of alkyl halides is 6. The van der Waals surface area contributed by atoms with E-state index in [1.54, 1.807) is 12.2 Å². The van der Waals surface area contributed by atoms with Gasteiger partial charge in [0.2, 0.25) is 5.91 Å². The van der Waals surface area contributed by atoms with E-state index in [2.05, 4.69) is 5.32 Å². The van der Waals surface area contributed by atoms with Crippen LogP contribution in [0.2, 0.25) is 0 Å². The maximum atomic E-state index is 12.5. The molecule has 0 aliphatic heterocycles. The maximum Gasteiger partial charge on any atom is 0.416 e. The van der Waals surface area contributed by atoms with Gasteiger partial charge in [-0.2, -0.15) is 26.3 Å². The van der Waals surface area contributed by atoms with Crippen LogP contribution < -0.4 is 5.32 Å². The first-order valence-electron chi connectivity index (χ1n) is 8.03. The van der Waals surface area contributed by atoms with E-state index in [4.69, 9.17) is 0 Å². The van der Waals surface area contributed by atoms with E-state index in [9.17, 15) is 31.1 Å². The Balaban J connectivity index is 1.82. The second-order valence-corrected chi connectivity index (χ2v) is 5.72. The van der Waals surface area contributed by atoms with Crippen LogP contribution >= 0.6 is 0 Å². The van der Waals surface area contributed by atoms with E-state index in [1.165, 1.54) is 36.4 Å². The van der Waals surface area contributed by atoms with Crippen molar-refractivity contribution in [2.45, 2.75) is 12.4 Å². The minimum Gasteiger partial charge on any atom is -0.349 e. The number of halogens is 6. The Hall–Kier alpha value is -3.03. The molecule has 28 heavy (non-hydrogen) atoms. The SMILES string of the molecule is O=C(/C=C/c1ccc(C(F)(F)F)cc1)NC/C=C/c1ccc(C(F)(F)F)cc1. The van der Waals surface area contributed by atoms with E-state index >= 15 is 0 Å². The Labute approximate surface area is 157 Å². The molecular formula is C20H15F6NO. The minimum atomic E-state index is -4.42. The zero-order valence-electron chi connectivity index (χ0n) is 14.3. The van der Waals surface area contributed by atoms with Gasteiger partial charge in [0, 0.05) is 12.6 Å². The van der Waals surface area contributed by atoms with E-state index in [0.717, 1.165) is 24.3 Å². The molecule has 0 bridgehead atoms. The van der Waals surface area contributed by atoms with Crippen LogP contribution in [0.1, 0.15) is 22.3 Å². The molecule has 0 heterocycles. The molecule has 0 aromatic heterocycles. The molecule has 0 saturated carbocycles. The standard InChI is InChI=1S/C20H15F6NO/c21-19(22,23)16-8-3-14(4-9-16)2-1-13-27-18(28)12-7-15-5-10-17(11-6-15)20(24,25)26/h1-12H,13H2,(H,27,28)/b2-1+,12-7+. The predicted molar refractivity (Wildman–Crippen MR) is 94.0 cm³/mol. The first-order chi connectivity index (χ1) is 13.1. The Morgan fingerprint density at radius 2 is 1.18 bits per heavy atom. The van der Waals surface area contributed by atoms with E-state index in [1.807, 2.05) is 0 Å². The molecule has 1 amide bonds. The number of carbonyl (C=O) groups is 1. The quantitative estimate of drug-likeness (QED) is 0.517. The second kappa shape index (κ2) is 8.77. The summed E-state index contributed by atoms with van der Waals surface area (Å²) < 4.78 is 74.8. The van der Waals surface area contributed by atoms with Gasteiger partial charge in [-0.15, -0.1) is 0 Å². The fraction of sp³-hybridized carbons (Fsp3) is 0.150. The van der Waals surface area contributed by atoms with Crippen molar-refractivity contribution in [1.29, 1.82) is 0 Å². The van der Waals surface area contributed by atoms with Crippen molar-refractivity contribution in [3.05, 3.63) is 82.9 Å². The lowest BCUT2D eigenvalue weighted by atomic mass is 10.1. The smallest absolute Gasteiger partial charge is 0.349 e. The summed E-state index contributed by atoms with van der Waals surface area (Å²) in [7, 11) is 0. The van der Waals surface area contributed by atoms with E-state index in [0.29, 0.717) is 11.1 Å². The summed E-state index contributed by atoms with van der Waals surface area (Å²) in [5.74, 6) is -0.461. The van der Waals surface area contributed by atoms with Crippen LogP contribution in [0.25, 0.3) is 12.2 Å². The highest BCUT2D eigenvalue weighted by atomic mass is 19.4. The van der Waals surface area contributed by atoms with Gasteiger partial charge in [-0.3, -0.25) is 4.79 Å². The number of hydrogen-bond donors (Lipinski definition) is 1. The lowest BCUT2D eigenvalue weighted by Gasteiger charge is -2.06.